The minimum absolute atomic E-state index is 0.387. The van der Waals surface area contributed by atoms with Crippen LogP contribution in [0.1, 0.15) is 53.9 Å². The molecule has 0 saturated carbocycles. The molecule has 0 aliphatic heterocycles. The number of nitrogens with zero attached hydrogens (tertiary/aromatic N) is 3. The Balaban J connectivity index is 4.10. The monoisotopic (exact) mass is 296 g/mol. The van der Waals surface area contributed by atoms with E-state index in [2.05, 4.69) is 48.9 Å². The Bertz CT molecular complexity index is 283. The van der Waals surface area contributed by atoms with Crippen molar-refractivity contribution < 1.29 is 0 Å². The van der Waals surface area contributed by atoms with Crippen molar-refractivity contribution in [1.29, 1.82) is 5.26 Å². The van der Waals surface area contributed by atoms with Gasteiger partial charge >= 0.3 is 0 Å². The number of nitrogens with one attached hydrogen (secondary N) is 1. The second-order valence-corrected chi connectivity index (χ2v) is 5.94. The van der Waals surface area contributed by atoms with Crippen LogP contribution in [0.4, 0.5) is 0 Å². The van der Waals surface area contributed by atoms with Gasteiger partial charge in [-0.1, -0.05) is 27.7 Å². The first kappa shape index (κ1) is 20.4. The van der Waals surface area contributed by atoms with E-state index >= 15 is 0 Å². The summed E-state index contributed by atoms with van der Waals surface area (Å²) in [5, 5.41) is 12.7. The van der Waals surface area contributed by atoms with E-state index in [9.17, 15) is 5.26 Å². The molecule has 0 aromatic heterocycles. The Kier molecular flexibility index (Phi) is 11.6. The molecule has 1 N–H and O–H groups in total. The average molecular weight is 297 g/mol. The van der Waals surface area contributed by atoms with E-state index in [0.717, 1.165) is 52.1 Å². The first-order chi connectivity index (χ1) is 10.0. The van der Waals surface area contributed by atoms with Gasteiger partial charge in [0.05, 0.1) is 6.07 Å². The van der Waals surface area contributed by atoms with Gasteiger partial charge in [-0.3, -0.25) is 5.32 Å². The molecule has 0 spiro atoms. The van der Waals surface area contributed by atoms with Crippen LogP contribution in [0.3, 0.4) is 0 Å². The highest BCUT2D eigenvalue weighted by molar-refractivity contribution is 5.03. The third kappa shape index (κ3) is 9.08. The third-order valence-electron chi connectivity index (χ3n) is 4.23. The molecule has 0 radical (unpaired) electrons. The fourth-order valence-electron chi connectivity index (χ4n) is 2.45. The van der Waals surface area contributed by atoms with Crippen molar-refractivity contribution in [2.45, 2.75) is 59.4 Å². The maximum absolute atomic E-state index is 9.37. The molecule has 124 valence electrons. The quantitative estimate of drug-likeness (QED) is 0.567. The van der Waals surface area contributed by atoms with Crippen LogP contribution < -0.4 is 5.32 Å². The van der Waals surface area contributed by atoms with Crippen molar-refractivity contribution in [3.8, 4) is 6.07 Å². The van der Waals surface area contributed by atoms with Crippen molar-refractivity contribution in [2.75, 3.05) is 45.8 Å². The number of hydrogen-bond acceptors (Lipinski definition) is 4. The summed E-state index contributed by atoms with van der Waals surface area (Å²) >= 11 is 0. The summed E-state index contributed by atoms with van der Waals surface area (Å²) in [5.74, 6) is 0. The lowest BCUT2D eigenvalue weighted by atomic mass is 9.99. The molecular formula is C17H36N4. The van der Waals surface area contributed by atoms with Gasteiger partial charge < -0.3 is 9.80 Å². The van der Waals surface area contributed by atoms with Crippen molar-refractivity contribution in [3.05, 3.63) is 0 Å². The van der Waals surface area contributed by atoms with Crippen molar-refractivity contribution >= 4 is 0 Å². The first-order valence-electron chi connectivity index (χ1n) is 8.66. The second kappa shape index (κ2) is 12.0. The van der Waals surface area contributed by atoms with Gasteiger partial charge in [0.25, 0.3) is 0 Å². The van der Waals surface area contributed by atoms with Gasteiger partial charge in [-0.15, -0.1) is 0 Å². The maximum atomic E-state index is 9.37. The van der Waals surface area contributed by atoms with E-state index in [1.807, 2.05) is 6.92 Å². The van der Waals surface area contributed by atoms with Gasteiger partial charge in [0, 0.05) is 6.54 Å². The molecule has 0 bridgehead atoms. The fraction of sp³-hybridized carbons (Fsp3) is 0.941. The zero-order chi connectivity index (χ0) is 16.1. The summed E-state index contributed by atoms with van der Waals surface area (Å²) < 4.78 is 0. The third-order valence-corrected chi connectivity index (χ3v) is 4.23. The van der Waals surface area contributed by atoms with Gasteiger partial charge in [-0.25, -0.2) is 0 Å². The van der Waals surface area contributed by atoms with E-state index in [4.69, 9.17) is 0 Å². The number of rotatable bonds is 13. The number of nitriles is 1. The van der Waals surface area contributed by atoms with Gasteiger partial charge in [0.2, 0.25) is 0 Å². The van der Waals surface area contributed by atoms with E-state index in [-0.39, 0.29) is 5.54 Å². The van der Waals surface area contributed by atoms with E-state index < -0.39 is 0 Å². The summed E-state index contributed by atoms with van der Waals surface area (Å²) in [7, 11) is 0. The van der Waals surface area contributed by atoms with Crippen molar-refractivity contribution in [2.24, 2.45) is 0 Å². The molecule has 4 nitrogen and oxygen atoms in total. The molecule has 0 saturated heterocycles. The van der Waals surface area contributed by atoms with Crippen LogP contribution in [0, 0.1) is 11.3 Å². The Labute approximate surface area is 132 Å². The lowest BCUT2D eigenvalue weighted by molar-refractivity contribution is 0.228. The molecule has 0 aliphatic rings. The smallest absolute Gasteiger partial charge is 0.105 e. The minimum atomic E-state index is -0.387. The summed E-state index contributed by atoms with van der Waals surface area (Å²) in [6, 6.07) is 2.44. The number of hydrogen-bond donors (Lipinski definition) is 1. The van der Waals surface area contributed by atoms with Crippen LogP contribution in [-0.2, 0) is 0 Å². The van der Waals surface area contributed by atoms with Gasteiger partial charge in [-0.05, 0) is 65.5 Å². The molecule has 0 aliphatic carbocycles. The lowest BCUT2D eigenvalue weighted by Gasteiger charge is -2.28. The Morgan fingerprint density at radius 2 is 1.52 bits per heavy atom. The highest BCUT2D eigenvalue weighted by atomic mass is 15.1. The van der Waals surface area contributed by atoms with Crippen LogP contribution in [0.5, 0.6) is 0 Å². The van der Waals surface area contributed by atoms with Crippen LogP contribution in [0.15, 0.2) is 0 Å². The Morgan fingerprint density at radius 3 is 2.00 bits per heavy atom. The van der Waals surface area contributed by atoms with Crippen LogP contribution in [-0.4, -0.2) is 61.2 Å². The molecule has 0 aromatic rings. The first-order valence-corrected chi connectivity index (χ1v) is 8.66. The Morgan fingerprint density at radius 1 is 0.952 bits per heavy atom. The fourth-order valence-corrected chi connectivity index (χ4v) is 2.45. The van der Waals surface area contributed by atoms with Gasteiger partial charge in [-0.2, -0.15) is 5.26 Å². The highest BCUT2D eigenvalue weighted by Gasteiger charge is 2.23. The molecule has 0 fully saturated rings. The zero-order valence-corrected chi connectivity index (χ0v) is 14.9. The molecule has 0 heterocycles. The highest BCUT2D eigenvalue weighted by Crippen LogP contribution is 2.10. The van der Waals surface area contributed by atoms with Crippen molar-refractivity contribution in [3.63, 3.8) is 0 Å². The summed E-state index contributed by atoms with van der Waals surface area (Å²) in [6.07, 6.45) is 3.17. The molecule has 4 heteroatoms. The normalized spacial score (nSPS) is 14.4. The van der Waals surface area contributed by atoms with E-state index in [1.165, 1.54) is 13.0 Å². The largest absolute Gasteiger partial charge is 0.304 e. The van der Waals surface area contributed by atoms with Gasteiger partial charge in [0.1, 0.15) is 5.54 Å². The summed E-state index contributed by atoms with van der Waals surface area (Å²) in [6.45, 7) is 18.4. The molecule has 0 amide bonds. The molecule has 0 aromatic carbocycles. The second-order valence-electron chi connectivity index (χ2n) is 5.94. The summed E-state index contributed by atoms with van der Waals surface area (Å²) in [5.41, 5.74) is -0.387. The molecule has 21 heavy (non-hydrogen) atoms. The summed E-state index contributed by atoms with van der Waals surface area (Å²) in [4.78, 5) is 4.93. The van der Waals surface area contributed by atoms with Crippen LogP contribution in [0.25, 0.3) is 0 Å². The SMILES string of the molecule is CCCNC(C)(C#N)CCN(CC)CCCN(CC)CC. The molecular weight excluding hydrogens is 260 g/mol. The predicted molar refractivity (Wildman–Crippen MR) is 91.4 cm³/mol. The Hall–Kier alpha value is -0.630. The average Bonchev–Trinajstić information content (AvgIpc) is 2.52. The van der Waals surface area contributed by atoms with Crippen molar-refractivity contribution in [1.82, 2.24) is 15.1 Å². The van der Waals surface area contributed by atoms with Crippen LogP contribution >= 0.6 is 0 Å². The van der Waals surface area contributed by atoms with Crippen LogP contribution in [0.2, 0.25) is 0 Å². The van der Waals surface area contributed by atoms with E-state index in [0.29, 0.717) is 0 Å². The van der Waals surface area contributed by atoms with Gasteiger partial charge in [0.15, 0.2) is 0 Å². The molecule has 0 rings (SSSR count). The van der Waals surface area contributed by atoms with E-state index in [1.54, 1.807) is 0 Å². The topological polar surface area (TPSA) is 42.3 Å². The maximum Gasteiger partial charge on any atom is 0.105 e. The standard InChI is InChI=1S/C17H36N4/c1-6-12-19-17(5,16-18)11-15-21(9-4)14-10-13-20(7-2)8-3/h19H,6-15H2,1-5H3. The lowest BCUT2D eigenvalue weighted by Crippen LogP contribution is -2.44. The predicted octanol–water partition coefficient (Wildman–Crippen LogP) is 2.71. The molecule has 1 unspecified atom stereocenters. The zero-order valence-electron chi connectivity index (χ0n) is 14.9. The minimum Gasteiger partial charge on any atom is -0.304 e. The molecule has 1 atom stereocenters.